The molecule has 0 spiro atoms. The fourth-order valence-corrected chi connectivity index (χ4v) is 2.30. The van der Waals surface area contributed by atoms with Gasteiger partial charge in [0.25, 0.3) is 0 Å². The van der Waals surface area contributed by atoms with Crippen LogP contribution in [0.4, 0.5) is 5.69 Å². The normalized spacial score (nSPS) is 10.5. The van der Waals surface area contributed by atoms with E-state index in [-0.39, 0.29) is 0 Å². The lowest BCUT2D eigenvalue weighted by atomic mass is 10.2. The van der Waals surface area contributed by atoms with E-state index in [0.29, 0.717) is 0 Å². The summed E-state index contributed by atoms with van der Waals surface area (Å²) in [4.78, 5) is 1.21. The van der Waals surface area contributed by atoms with Crippen LogP contribution < -0.4 is 5.73 Å². The first kappa shape index (κ1) is 10.2. The summed E-state index contributed by atoms with van der Waals surface area (Å²) in [6, 6.07) is 9.87. The van der Waals surface area contributed by atoms with Gasteiger partial charge in [0.1, 0.15) is 5.76 Å². The number of thioether (sulfide) groups is 1. The third kappa shape index (κ3) is 2.36. The van der Waals surface area contributed by atoms with Gasteiger partial charge in [0.05, 0.1) is 12.0 Å². The Kier molecular flexibility index (Phi) is 3.02. The van der Waals surface area contributed by atoms with Gasteiger partial charge in [-0.1, -0.05) is 6.07 Å². The van der Waals surface area contributed by atoms with Gasteiger partial charge in [-0.15, -0.1) is 11.8 Å². The molecule has 2 nitrogen and oxygen atoms in total. The quantitative estimate of drug-likeness (QED) is 0.634. The van der Waals surface area contributed by atoms with Gasteiger partial charge in [0.15, 0.2) is 0 Å². The van der Waals surface area contributed by atoms with Crippen molar-refractivity contribution >= 4 is 17.4 Å². The molecule has 0 atom stereocenters. The van der Waals surface area contributed by atoms with Crippen molar-refractivity contribution in [2.45, 2.75) is 17.6 Å². The van der Waals surface area contributed by atoms with E-state index < -0.39 is 0 Å². The molecule has 0 aliphatic rings. The minimum absolute atomic E-state index is 0.845. The highest BCUT2D eigenvalue weighted by atomic mass is 32.2. The molecule has 3 heteroatoms. The number of benzene rings is 1. The lowest BCUT2D eigenvalue weighted by molar-refractivity contribution is 0.530. The number of nitrogens with two attached hydrogens (primary N) is 1. The number of rotatable bonds is 3. The molecular formula is C12H13NOS. The first-order chi connectivity index (χ1) is 7.27. The first-order valence-electron chi connectivity index (χ1n) is 4.77. The molecule has 15 heavy (non-hydrogen) atoms. The minimum Gasteiger partial charge on any atom is -0.468 e. The average Bonchev–Trinajstić information content (AvgIpc) is 2.73. The maximum atomic E-state index is 5.83. The molecule has 2 rings (SSSR count). The molecular weight excluding hydrogens is 206 g/mol. The van der Waals surface area contributed by atoms with Crippen molar-refractivity contribution in [3.05, 3.63) is 47.9 Å². The summed E-state index contributed by atoms with van der Waals surface area (Å²) < 4.78 is 5.27. The Labute approximate surface area is 93.5 Å². The van der Waals surface area contributed by atoms with Crippen LogP contribution in [0.1, 0.15) is 11.3 Å². The highest BCUT2D eigenvalue weighted by Gasteiger charge is 2.03. The van der Waals surface area contributed by atoms with E-state index in [1.165, 1.54) is 4.90 Å². The van der Waals surface area contributed by atoms with E-state index in [9.17, 15) is 0 Å². The van der Waals surface area contributed by atoms with Crippen molar-refractivity contribution < 1.29 is 4.42 Å². The number of furan rings is 1. The van der Waals surface area contributed by atoms with Crippen molar-refractivity contribution in [1.82, 2.24) is 0 Å². The molecule has 1 heterocycles. The number of hydrogen-bond acceptors (Lipinski definition) is 3. The Balaban J connectivity index is 2.08. The van der Waals surface area contributed by atoms with E-state index in [4.69, 9.17) is 10.2 Å². The monoisotopic (exact) mass is 219 g/mol. The number of anilines is 1. The van der Waals surface area contributed by atoms with Crippen LogP contribution in [0.15, 0.2) is 45.9 Å². The summed E-state index contributed by atoms with van der Waals surface area (Å²) in [6.07, 6.45) is 1.70. The summed E-state index contributed by atoms with van der Waals surface area (Å²) in [5.41, 5.74) is 7.83. The van der Waals surface area contributed by atoms with Crippen LogP contribution >= 0.6 is 11.8 Å². The molecule has 0 saturated carbocycles. The number of nitrogen functional groups attached to an aromatic ring is 1. The van der Waals surface area contributed by atoms with Gasteiger partial charge < -0.3 is 10.2 Å². The maximum Gasteiger partial charge on any atom is 0.113 e. The zero-order valence-corrected chi connectivity index (χ0v) is 9.38. The van der Waals surface area contributed by atoms with Crippen LogP contribution in [-0.4, -0.2) is 0 Å². The number of hydrogen-bond donors (Lipinski definition) is 1. The zero-order valence-electron chi connectivity index (χ0n) is 8.57. The zero-order chi connectivity index (χ0) is 10.7. The molecule has 0 aliphatic carbocycles. The fourth-order valence-electron chi connectivity index (χ4n) is 1.33. The third-order valence-corrected chi connectivity index (χ3v) is 3.46. The molecule has 0 radical (unpaired) electrons. The standard InChI is InChI=1S/C12H13NOS/c1-9-11(13)5-2-6-12(9)15-8-10-4-3-7-14-10/h2-7H,8,13H2,1H3. The van der Waals surface area contributed by atoms with E-state index in [1.54, 1.807) is 18.0 Å². The Morgan fingerprint density at radius 2 is 2.13 bits per heavy atom. The Morgan fingerprint density at radius 1 is 1.27 bits per heavy atom. The predicted molar refractivity (Wildman–Crippen MR) is 63.9 cm³/mol. The lowest BCUT2D eigenvalue weighted by Gasteiger charge is -2.06. The van der Waals surface area contributed by atoms with Crippen molar-refractivity contribution in [3.63, 3.8) is 0 Å². The van der Waals surface area contributed by atoms with Crippen molar-refractivity contribution in [1.29, 1.82) is 0 Å². The van der Waals surface area contributed by atoms with Gasteiger partial charge in [-0.05, 0) is 36.8 Å². The summed E-state index contributed by atoms with van der Waals surface area (Å²) in [5, 5.41) is 0. The molecule has 0 saturated heterocycles. The first-order valence-corrected chi connectivity index (χ1v) is 5.76. The largest absolute Gasteiger partial charge is 0.468 e. The Bertz CT molecular complexity index is 437. The maximum absolute atomic E-state index is 5.83. The van der Waals surface area contributed by atoms with Crippen molar-refractivity contribution in [3.8, 4) is 0 Å². The summed E-state index contributed by atoms with van der Waals surface area (Å²) in [7, 11) is 0. The summed E-state index contributed by atoms with van der Waals surface area (Å²) in [6.45, 7) is 2.04. The highest BCUT2D eigenvalue weighted by molar-refractivity contribution is 7.98. The van der Waals surface area contributed by atoms with Crippen LogP contribution in [0.25, 0.3) is 0 Å². The molecule has 0 amide bonds. The molecule has 1 aromatic heterocycles. The summed E-state index contributed by atoms with van der Waals surface area (Å²) >= 11 is 1.75. The van der Waals surface area contributed by atoms with Crippen LogP contribution in [0.5, 0.6) is 0 Å². The molecule has 0 fully saturated rings. The van der Waals surface area contributed by atoms with E-state index in [0.717, 1.165) is 22.8 Å². The molecule has 0 bridgehead atoms. The third-order valence-electron chi connectivity index (χ3n) is 2.28. The second kappa shape index (κ2) is 4.45. The second-order valence-corrected chi connectivity index (χ2v) is 4.36. The van der Waals surface area contributed by atoms with Gasteiger partial charge in [-0.2, -0.15) is 0 Å². The van der Waals surface area contributed by atoms with E-state index in [1.807, 2.05) is 31.2 Å². The Morgan fingerprint density at radius 3 is 2.87 bits per heavy atom. The molecule has 78 valence electrons. The van der Waals surface area contributed by atoms with Crippen LogP contribution in [0.2, 0.25) is 0 Å². The van der Waals surface area contributed by atoms with Gasteiger partial charge >= 0.3 is 0 Å². The van der Waals surface area contributed by atoms with E-state index >= 15 is 0 Å². The molecule has 0 unspecified atom stereocenters. The molecule has 2 aromatic rings. The van der Waals surface area contributed by atoms with Crippen LogP contribution in [-0.2, 0) is 5.75 Å². The topological polar surface area (TPSA) is 39.2 Å². The SMILES string of the molecule is Cc1c(N)cccc1SCc1ccco1. The van der Waals surface area contributed by atoms with Gasteiger partial charge in [-0.25, -0.2) is 0 Å². The predicted octanol–water partition coefficient (Wildman–Crippen LogP) is 3.46. The van der Waals surface area contributed by atoms with Crippen molar-refractivity contribution in [2.24, 2.45) is 0 Å². The summed E-state index contributed by atoms with van der Waals surface area (Å²) in [5.74, 6) is 1.83. The molecule has 1 aromatic carbocycles. The smallest absolute Gasteiger partial charge is 0.113 e. The van der Waals surface area contributed by atoms with Crippen LogP contribution in [0, 0.1) is 6.92 Å². The van der Waals surface area contributed by atoms with Gasteiger partial charge in [0.2, 0.25) is 0 Å². The van der Waals surface area contributed by atoms with Crippen molar-refractivity contribution in [2.75, 3.05) is 5.73 Å². The average molecular weight is 219 g/mol. The van der Waals surface area contributed by atoms with Crippen LogP contribution in [0.3, 0.4) is 0 Å². The second-order valence-electron chi connectivity index (χ2n) is 3.34. The van der Waals surface area contributed by atoms with Gasteiger partial charge in [0, 0.05) is 10.6 Å². The minimum atomic E-state index is 0.845. The highest BCUT2D eigenvalue weighted by Crippen LogP contribution is 2.28. The molecule has 0 aliphatic heterocycles. The fraction of sp³-hybridized carbons (Fsp3) is 0.167. The Hall–Kier alpha value is -1.35. The molecule has 2 N–H and O–H groups in total. The lowest BCUT2D eigenvalue weighted by Crippen LogP contribution is -1.90. The van der Waals surface area contributed by atoms with E-state index in [2.05, 4.69) is 6.07 Å². The van der Waals surface area contributed by atoms with Gasteiger partial charge in [-0.3, -0.25) is 0 Å².